The molecule has 2 unspecified atom stereocenters. The number of rotatable bonds is 2. The maximum Gasteiger partial charge on any atom is -1.00 e. The second-order valence-corrected chi connectivity index (χ2v) is 14.5. The molecule has 0 radical (unpaired) electrons. The molecule has 2 atom stereocenters. The van der Waals surface area contributed by atoms with Crippen LogP contribution in [0.5, 0.6) is 0 Å². The number of hydrogen-bond acceptors (Lipinski definition) is 0. The fraction of sp³-hybridized carbons (Fsp3) is 0.227. The van der Waals surface area contributed by atoms with Crippen molar-refractivity contribution >= 4 is 15.4 Å². The molecular weight excluding hydrogens is 426 g/mol. The summed E-state index contributed by atoms with van der Waals surface area (Å²) in [6.45, 7) is 7.12. The van der Waals surface area contributed by atoms with Crippen LogP contribution in [0.4, 0.5) is 0 Å². The standard InChI is InChI=1S/C10H9.C9H7.C3H6.2ClH.Zr/c1-8-6-9-4-2-3-5-10(9)7-8;1-2-5-9-7-3-6-8(9)4-1;1-3-2;;;/h2-7H,1H3;1-7H;1-2H3;2*1H;/q;;;;;+2/p-2. The molecule has 4 rings (SSSR count). The molecule has 0 aromatic heterocycles. The summed E-state index contributed by atoms with van der Waals surface area (Å²) in [5.41, 5.74) is 7.62. The van der Waals surface area contributed by atoms with E-state index < -0.39 is 21.3 Å². The van der Waals surface area contributed by atoms with Crippen molar-refractivity contribution in [3.63, 3.8) is 0 Å². The van der Waals surface area contributed by atoms with Crippen LogP contribution in [0.1, 0.15) is 50.3 Å². The van der Waals surface area contributed by atoms with Gasteiger partial charge in [0.05, 0.1) is 0 Å². The predicted octanol–water partition coefficient (Wildman–Crippen LogP) is -0.249. The third-order valence-electron chi connectivity index (χ3n) is 5.17. The van der Waals surface area contributed by atoms with Gasteiger partial charge >= 0.3 is 147 Å². The van der Waals surface area contributed by atoms with Crippen molar-refractivity contribution in [3.05, 3.63) is 82.4 Å². The number of allylic oxidation sites excluding steroid dienone is 2. The summed E-state index contributed by atoms with van der Waals surface area (Å²) in [6, 6.07) is 18.0. The minimum atomic E-state index is -1.89. The van der Waals surface area contributed by atoms with E-state index in [1.807, 2.05) is 0 Å². The van der Waals surface area contributed by atoms with Gasteiger partial charge < -0.3 is 24.8 Å². The van der Waals surface area contributed by atoms with Gasteiger partial charge in [0.25, 0.3) is 0 Å². The smallest absolute Gasteiger partial charge is 1.00 e. The monoisotopic (exact) mass is 446 g/mol. The molecule has 2 aliphatic rings. The summed E-state index contributed by atoms with van der Waals surface area (Å²) in [4.78, 5) is 0. The summed E-state index contributed by atoms with van der Waals surface area (Å²) in [5, 5.41) is 0. The van der Waals surface area contributed by atoms with Crippen molar-refractivity contribution in [2.75, 3.05) is 0 Å². The van der Waals surface area contributed by atoms with Crippen LogP contribution in [0.25, 0.3) is 12.2 Å². The average molecular weight is 449 g/mol. The van der Waals surface area contributed by atoms with Crippen LogP contribution in [0.2, 0.25) is 0 Å². The summed E-state index contributed by atoms with van der Waals surface area (Å²) in [5.74, 6) is 0. The van der Waals surface area contributed by atoms with Crippen LogP contribution in [0.3, 0.4) is 0 Å². The number of halogens is 2. The van der Waals surface area contributed by atoms with Crippen molar-refractivity contribution in [2.45, 2.75) is 28.0 Å². The van der Waals surface area contributed by atoms with Gasteiger partial charge in [0.2, 0.25) is 0 Å². The number of benzene rings is 2. The Bertz CT molecular complexity index is 873. The molecule has 2 aromatic carbocycles. The number of fused-ring (bicyclic) bond motifs is 2. The molecular formula is C22H22Cl2Zr. The van der Waals surface area contributed by atoms with Crippen LogP contribution in [-0.2, 0) is 21.3 Å². The van der Waals surface area contributed by atoms with Crippen LogP contribution >= 0.6 is 0 Å². The van der Waals surface area contributed by atoms with Gasteiger partial charge in [0, 0.05) is 0 Å². The van der Waals surface area contributed by atoms with E-state index in [-0.39, 0.29) is 24.8 Å². The molecule has 0 spiro atoms. The Kier molecular flexibility index (Phi) is 6.82. The van der Waals surface area contributed by atoms with Crippen molar-refractivity contribution < 1.29 is 46.1 Å². The van der Waals surface area contributed by atoms with E-state index in [4.69, 9.17) is 0 Å². The molecule has 0 aliphatic heterocycles. The normalized spacial score (nSPS) is 18.9. The minimum Gasteiger partial charge on any atom is -1.00 e. The second kappa shape index (κ2) is 8.30. The Labute approximate surface area is 171 Å². The van der Waals surface area contributed by atoms with Gasteiger partial charge in [-0.15, -0.1) is 0 Å². The van der Waals surface area contributed by atoms with Crippen LogP contribution < -0.4 is 24.8 Å². The van der Waals surface area contributed by atoms with Crippen LogP contribution in [0.15, 0.2) is 60.2 Å². The number of hydrogen-bond donors (Lipinski definition) is 0. The molecule has 25 heavy (non-hydrogen) atoms. The molecule has 2 aromatic rings. The quantitative estimate of drug-likeness (QED) is 0.595. The fourth-order valence-electron chi connectivity index (χ4n) is 4.19. The largest absolute Gasteiger partial charge is 1.00 e. The molecule has 0 saturated heterocycles. The zero-order chi connectivity index (χ0) is 16.0. The fourth-order valence-corrected chi connectivity index (χ4v) is 13.1. The third kappa shape index (κ3) is 3.57. The molecule has 0 nitrogen and oxygen atoms in total. The summed E-state index contributed by atoms with van der Waals surface area (Å²) in [6.07, 6.45) is 7.28. The van der Waals surface area contributed by atoms with E-state index in [1.165, 1.54) is 11.1 Å². The van der Waals surface area contributed by atoms with Gasteiger partial charge in [0.15, 0.2) is 0 Å². The van der Waals surface area contributed by atoms with Gasteiger partial charge in [-0.1, -0.05) is 0 Å². The summed E-state index contributed by atoms with van der Waals surface area (Å²) in [7, 11) is 0. The van der Waals surface area contributed by atoms with Crippen molar-refractivity contribution in [1.29, 1.82) is 0 Å². The van der Waals surface area contributed by atoms with E-state index in [9.17, 15) is 0 Å². The van der Waals surface area contributed by atoms with Crippen LogP contribution in [-0.4, -0.2) is 3.21 Å². The molecule has 3 heteroatoms. The predicted molar refractivity (Wildman–Crippen MR) is 97.4 cm³/mol. The summed E-state index contributed by atoms with van der Waals surface area (Å²) >= 11 is -1.89. The van der Waals surface area contributed by atoms with E-state index in [1.54, 1.807) is 19.9 Å². The van der Waals surface area contributed by atoms with Gasteiger partial charge in [0.1, 0.15) is 0 Å². The van der Waals surface area contributed by atoms with Gasteiger partial charge in [-0.05, 0) is 0 Å². The zero-order valence-corrected chi connectivity index (χ0v) is 18.7. The maximum atomic E-state index is 2.50. The molecule has 0 amide bonds. The Balaban J connectivity index is 0.00000113. The van der Waals surface area contributed by atoms with E-state index in [0.29, 0.717) is 7.25 Å². The van der Waals surface area contributed by atoms with Crippen molar-refractivity contribution in [1.82, 2.24) is 0 Å². The van der Waals surface area contributed by atoms with Gasteiger partial charge in [-0.3, -0.25) is 0 Å². The molecule has 128 valence electrons. The first-order valence-electron chi connectivity index (χ1n) is 8.38. The molecule has 0 heterocycles. The Morgan fingerprint density at radius 3 is 2.12 bits per heavy atom. The average Bonchev–Trinajstić information content (AvgIpc) is 3.10. The second-order valence-electron chi connectivity index (χ2n) is 6.87. The maximum absolute atomic E-state index is 2.50. The Hall–Kier alpha value is -0.747. The Morgan fingerprint density at radius 1 is 0.840 bits per heavy atom. The first-order chi connectivity index (χ1) is 11.2. The molecule has 0 bridgehead atoms. The topological polar surface area (TPSA) is 0 Å². The SMILES string of the molecule is CC1=Cc2ccccc2[CH]1[Zr+2](=[C](C)C)[CH]1C=Cc2ccccc21.[Cl-].[Cl-]. The molecule has 2 aliphatic carbocycles. The van der Waals surface area contributed by atoms with E-state index in [0.717, 1.165) is 0 Å². The zero-order valence-electron chi connectivity index (χ0n) is 14.8. The third-order valence-corrected chi connectivity index (χ3v) is 14.3. The van der Waals surface area contributed by atoms with Gasteiger partial charge in [-0.2, -0.15) is 0 Å². The first-order valence-corrected chi connectivity index (χ1v) is 12.4. The van der Waals surface area contributed by atoms with Crippen molar-refractivity contribution in [3.8, 4) is 0 Å². The molecule has 0 fully saturated rings. The van der Waals surface area contributed by atoms with Gasteiger partial charge in [-0.25, -0.2) is 0 Å². The summed E-state index contributed by atoms with van der Waals surface area (Å²) < 4.78 is 3.09. The van der Waals surface area contributed by atoms with Crippen LogP contribution in [0, 0.1) is 0 Å². The minimum absolute atomic E-state index is 0. The Morgan fingerprint density at radius 2 is 1.44 bits per heavy atom. The van der Waals surface area contributed by atoms with E-state index in [2.05, 4.69) is 87.5 Å². The van der Waals surface area contributed by atoms with E-state index >= 15 is 0 Å². The molecule has 0 saturated carbocycles. The molecule has 0 N–H and O–H groups in total. The first kappa shape index (κ1) is 20.6. The van der Waals surface area contributed by atoms with Crippen molar-refractivity contribution in [2.24, 2.45) is 0 Å².